The van der Waals surface area contributed by atoms with Crippen molar-refractivity contribution in [1.29, 1.82) is 0 Å². The fourth-order valence-electron chi connectivity index (χ4n) is 3.69. The van der Waals surface area contributed by atoms with Crippen LogP contribution in [0.4, 0.5) is 0 Å². The molecule has 0 aromatic heterocycles. The summed E-state index contributed by atoms with van der Waals surface area (Å²) in [5.41, 5.74) is 0. The molecule has 0 N–H and O–H groups in total. The molecule has 19 heavy (non-hydrogen) atoms. The second-order valence-electron chi connectivity index (χ2n) is 5.73. The van der Waals surface area contributed by atoms with Crippen LogP contribution in [-0.4, -0.2) is 61.1 Å². The second-order valence-corrected chi connectivity index (χ2v) is 5.73. The first-order chi connectivity index (χ1) is 9.27. The lowest BCUT2D eigenvalue weighted by atomic mass is 10.0. The molecule has 0 aliphatic carbocycles. The maximum atomic E-state index is 12.3. The summed E-state index contributed by atoms with van der Waals surface area (Å²) in [6.45, 7) is 6.22. The van der Waals surface area contributed by atoms with Gasteiger partial charge in [0.05, 0.1) is 0 Å². The number of hydrogen-bond donors (Lipinski definition) is 0. The summed E-state index contributed by atoms with van der Waals surface area (Å²) in [6, 6.07) is 1.08. The van der Waals surface area contributed by atoms with E-state index in [1.54, 1.807) is 7.11 Å². The Morgan fingerprint density at radius 2 is 1.95 bits per heavy atom. The normalized spacial score (nSPS) is 28.2. The molecule has 2 unspecified atom stereocenters. The van der Waals surface area contributed by atoms with Crippen molar-refractivity contribution in [1.82, 2.24) is 9.80 Å². The molecule has 2 aliphatic heterocycles. The lowest BCUT2D eigenvalue weighted by Gasteiger charge is -2.34. The molecule has 0 radical (unpaired) electrons. The van der Waals surface area contributed by atoms with Crippen LogP contribution in [-0.2, 0) is 9.53 Å². The first-order valence-electron chi connectivity index (χ1n) is 7.80. The molecule has 2 atom stereocenters. The fraction of sp³-hybridized carbons (Fsp3) is 0.933. The van der Waals surface area contributed by atoms with Gasteiger partial charge >= 0.3 is 0 Å². The molecule has 2 heterocycles. The summed E-state index contributed by atoms with van der Waals surface area (Å²) in [7, 11) is 1.70. The molecule has 1 amide bonds. The van der Waals surface area contributed by atoms with Crippen molar-refractivity contribution in [3.8, 4) is 0 Å². The number of carbonyl (C=O) groups excluding carboxylic acids is 1. The molecule has 4 heteroatoms. The van der Waals surface area contributed by atoms with Crippen molar-refractivity contribution in [2.45, 2.75) is 57.5 Å². The summed E-state index contributed by atoms with van der Waals surface area (Å²) < 4.78 is 5.04. The molecule has 0 spiro atoms. The van der Waals surface area contributed by atoms with Gasteiger partial charge in [-0.05, 0) is 45.2 Å². The Morgan fingerprint density at radius 3 is 2.68 bits per heavy atom. The van der Waals surface area contributed by atoms with Gasteiger partial charge in [0.1, 0.15) is 0 Å². The summed E-state index contributed by atoms with van der Waals surface area (Å²) in [6.07, 6.45) is 6.41. The zero-order valence-corrected chi connectivity index (χ0v) is 12.4. The maximum absolute atomic E-state index is 12.3. The summed E-state index contributed by atoms with van der Waals surface area (Å²) in [4.78, 5) is 17.1. The van der Waals surface area contributed by atoms with Crippen molar-refractivity contribution in [2.24, 2.45) is 0 Å². The van der Waals surface area contributed by atoms with Crippen LogP contribution in [0.15, 0.2) is 0 Å². The Labute approximate surface area is 117 Å². The highest BCUT2D eigenvalue weighted by Gasteiger charge is 2.38. The van der Waals surface area contributed by atoms with Gasteiger partial charge in [0.15, 0.2) is 0 Å². The molecule has 2 fully saturated rings. The van der Waals surface area contributed by atoms with Gasteiger partial charge in [-0.1, -0.05) is 6.92 Å². The molecule has 2 rings (SSSR count). The minimum absolute atomic E-state index is 0.336. The van der Waals surface area contributed by atoms with E-state index in [1.807, 2.05) is 0 Å². The average molecular weight is 268 g/mol. The van der Waals surface area contributed by atoms with Crippen LogP contribution in [0.2, 0.25) is 0 Å². The Balaban J connectivity index is 1.90. The number of rotatable bonds is 6. The van der Waals surface area contributed by atoms with E-state index in [2.05, 4.69) is 16.7 Å². The minimum Gasteiger partial charge on any atom is -0.385 e. The first kappa shape index (κ1) is 14.8. The van der Waals surface area contributed by atoms with Crippen LogP contribution in [0.25, 0.3) is 0 Å². The van der Waals surface area contributed by atoms with Gasteiger partial charge in [0.2, 0.25) is 5.91 Å². The molecule has 0 aromatic rings. The Bertz CT molecular complexity index is 296. The van der Waals surface area contributed by atoms with E-state index in [4.69, 9.17) is 4.74 Å². The van der Waals surface area contributed by atoms with E-state index in [9.17, 15) is 4.79 Å². The van der Waals surface area contributed by atoms with Gasteiger partial charge < -0.3 is 9.64 Å². The van der Waals surface area contributed by atoms with Gasteiger partial charge in [-0.15, -0.1) is 0 Å². The van der Waals surface area contributed by atoms with E-state index < -0.39 is 0 Å². The molecule has 110 valence electrons. The highest BCUT2D eigenvalue weighted by atomic mass is 16.5. The third kappa shape index (κ3) is 3.48. The number of hydrogen-bond acceptors (Lipinski definition) is 3. The third-order valence-electron chi connectivity index (χ3n) is 4.62. The molecular formula is C15H28N2O2. The number of amides is 1. The van der Waals surface area contributed by atoms with E-state index in [-0.39, 0.29) is 0 Å². The Morgan fingerprint density at radius 1 is 1.21 bits per heavy atom. The van der Waals surface area contributed by atoms with Crippen molar-refractivity contribution in [3.63, 3.8) is 0 Å². The quantitative estimate of drug-likeness (QED) is 0.690. The number of nitrogens with zero attached hydrogens (tertiary/aromatic N) is 2. The second kappa shape index (κ2) is 7.25. The number of likely N-dealkylation sites (N-methyl/N-ethyl adjacent to an activating group) is 1. The van der Waals surface area contributed by atoms with Crippen LogP contribution >= 0.6 is 0 Å². The van der Waals surface area contributed by atoms with E-state index in [1.165, 1.54) is 32.2 Å². The average Bonchev–Trinajstić information content (AvgIpc) is 3.06. The molecule has 0 aromatic carbocycles. The van der Waals surface area contributed by atoms with Gasteiger partial charge in [-0.3, -0.25) is 9.69 Å². The van der Waals surface area contributed by atoms with Crippen LogP contribution < -0.4 is 0 Å². The molecule has 2 aliphatic rings. The number of ether oxygens (including phenoxy) is 1. The third-order valence-corrected chi connectivity index (χ3v) is 4.62. The van der Waals surface area contributed by atoms with E-state index in [0.29, 0.717) is 31.0 Å². The Kier molecular flexibility index (Phi) is 5.64. The summed E-state index contributed by atoms with van der Waals surface area (Å²) in [5.74, 6) is 0.336. The topological polar surface area (TPSA) is 32.8 Å². The van der Waals surface area contributed by atoms with Gasteiger partial charge in [-0.25, -0.2) is 0 Å². The first-order valence-corrected chi connectivity index (χ1v) is 7.80. The van der Waals surface area contributed by atoms with Crippen molar-refractivity contribution in [3.05, 3.63) is 0 Å². The standard InChI is InChI=1S/C15H28N2O2/c1-3-16-10-4-7-13(16)14-8-5-11-17(14)15(18)9-6-12-19-2/h13-14H,3-12H2,1-2H3. The van der Waals surface area contributed by atoms with Gasteiger partial charge in [0.25, 0.3) is 0 Å². The van der Waals surface area contributed by atoms with Crippen molar-refractivity contribution >= 4 is 5.91 Å². The summed E-state index contributed by atoms with van der Waals surface area (Å²) >= 11 is 0. The van der Waals surface area contributed by atoms with Crippen LogP contribution in [0.1, 0.15) is 45.4 Å². The number of methoxy groups -OCH3 is 1. The summed E-state index contributed by atoms with van der Waals surface area (Å²) in [5, 5.41) is 0. The predicted octanol–water partition coefficient (Wildman–Crippen LogP) is 1.89. The molecule has 0 bridgehead atoms. The SMILES string of the molecule is CCN1CCCC1C1CCCN1C(=O)CCCOC. The monoisotopic (exact) mass is 268 g/mol. The minimum atomic E-state index is 0.336. The fourth-order valence-corrected chi connectivity index (χ4v) is 3.69. The zero-order valence-electron chi connectivity index (χ0n) is 12.4. The van der Waals surface area contributed by atoms with Crippen LogP contribution in [0.3, 0.4) is 0 Å². The van der Waals surface area contributed by atoms with Gasteiger partial charge in [-0.2, -0.15) is 0 Å². The van der Waals surface area contributed by atoms with Crippen molar-refractivity contribution < 1.29 is 9.53 Å². The zero-order chi connectivity index (χ0) is 13.7. The lowest BCUT2D eigenvalue weighted by Crippen LogP contribution is -2.48. The largest absolute Gasteiger partial charge is 0.385 e. The maximum Gasteiger partial charge on any atom is 0.222 e. The van der Waals surface area contributed by atoms with Crippen LogP contribution in [0, 0.1) is 0 Å². The Hall–Kier alpha value is -0.610. The highest BCUT2D eigenvalue weighted by molar-refractivity contribution is 5.76. The van der Waals surface area contributed by atoms with E-state index in [0.717, 1.165) is 19.5 Å². The number of carbonyl (C=O) groups is 1. The molecular weight excluding hydrogens is 240 g/mol. The highest BCUT2D eigenvalue weighted by Crippen LogP contribution is 2.30. The van der Waals surface area contributed by atoms with E-state index >= 15 is 0 Å². The van der Waals surface area contributed by atoms with Crippen LogP contribution in [0.5, 0.6) is 0 Å². The number of likely N-dealkylation sites (tertiary alicyclic amines) is 2. The van der Waals surface area contributed by atoms with Gasteiger partial charge in [0, 0.05) is 38.8 Å². The smallest absolute Gasteiger partial charge is 0.222 e. The van der Waals surface area contributed by atoms with Crippen molar-refractivity contribution in [2.75, 3.05) is 33.4 Å². The molecule has 2 saturated heterocycles. The lowest BCUT2D eigenvalue weighted by molar-refractivity contribution is -0.133. The molecule has 0 saturated carbocycles. The predicted molar refractivity (Wildman–Crippen MR) is 76.1 cm³/mol. The molecule has 4 nitrogen and oxygen atoms in total.